The van der Waals surface area contributed by atoms with Gasteiger partial charge in [-0.05, 0) is 80.5 Å². The molecule has 0 bridgehead atoms. The molecule has 0 atom stereocenters. The Labute approximate surface area is 217 Å². The zero-order valence-electron chi connectivity index (χ0n) is 21.8. The number of benzene rings is 2. The van der Waals surface area contributed by atoms with Crippen molar-refractivity contribution in [1.29, 1.82) is 0 Å². The third-order valence-electron chi connectivity index (χ3n) is 7.12. The molecule has 2 heterocycles. The zero-order chi connectivity index (χ0) is 25.9. The van der Waals surface area contributed by atoms with Crippen LogP contribution in [0.3, 0.4) is 0 Å². The first kappa shape index (κ1) is 24.9. The maximum Gasteiger partial charge on any atom is 0.230 e. The minimum absolute atomic E-state index is 0.0867. The number of nitrogens with one attached hydrogen (secondary N) is 2. The average molecular weight is 498 g/mol. The molecule has 1 aliphatic rings. The molecule has 0 saturated heterocycles. The van der Waals surface area contributed by atoms with Crippen LogP contribution in [0, 0.1) is 6.92 Å². The number of fused-ring (bicyclic) bond motifs is 1. The fraction of sp³-hybridized carbons (Fsp3) is 0.379. The standard InChI is InChI=1S/C29H35N7O/c1-4-19-13-20(14-21-17-31-29(34-28(19)21)33-23-10-8-22(30)9-11-23)26-15-25(35-36(26)3)16-27(37)32-24-7-5-6-18(2)12-24/h5-7,12-15,17,22-23H,4,8-11,16,30H2,1-3H3,(H,32,37)(H,31,33,34). The van der Waals surface area contributed by atoms with Gasteiger partial charge in [-0.3, -0.25) is 9.48 Å². The summed E-state index contributed by atoms with van der Waals surface area (Å²) < 4.78 is 1.83. The minimum atomic E-state index is -0.0867. The first-order valence-corrected chi connectivity index (χ1v) is 13.1. The number of carbonyl (C=O) groups is 1. The molecule has 4 N–H and O–H groups in total. The Hall–Kier alpha value is -3.78. The molecule has 0 unspecified atom stereocenters. The third kappa shape index (κ3) is 5.80. The molecule has 1 saturated carbocycles. The van der Waals surface area contributed by atoms with Crippen LogP contribution in [0.25, 0.3) is 22.2 Å². The van der Waals surface area contributed by atoms with E-state index in [4.69, 9.17) is 10.7 Å². The van der Waals surface area contributed by atoms with E-state index in [1.165, 1.54) is 0 Å². The Morgan fingerprint density at radius 2 is 1.95 bits per heavy atom. The molecule has 5 rings (SSSR count). The van der Waals surface area contributed by atoms with Crippen LogP contribution < -0.4 is 16.4 Å². The Morgan fingerprint density at radius 3 is 2.70 bits per heavy atom. The summed E-state index contributed by atoms with van der Waals surface area (Å²) in [6.45, 7) is 4.14. The molecule has 0 spiro atoms. The van der Waals surface area contributed by atoms with Crippen LogP contribution in [-0.2, 0) is 24.7 Å². The van der Waals surface area contributed by atoms with Crippen LogP contribution >= 0.6 is 0 Å². The number of nitrogens with zero attached hydrogens (tertiary/aromatic N) is 4. The largest absolute Gasteiger partial charge is 0.351 e. The summed E-state index contributed by atoms with van der Waals surface area (Å²) in [6.07, 6.45) is 7.13. The van der Waals surface area contributed by atoms with Crippen LogP contribution in [0.1, 0.15) is 49.4 Å². The molecular weight excluding hydrogens is 462 g/mol. The number of rotatable bonds is 7. The first-order valence-electron chi connectivity index (χ1n) is 13.1. The smallest absolute Gasteiger partial charge is 0.230 e. The summed E-state index contributed by atoms with van der Waals surface area (Å²) in [5.74, 6) is 0.592. The molecule has 8 heteroatoms. The summed E-state index contributed by atoms with van der Waals surface area (Å²) >= 11 is 0. The normalized spacial score (nSPS) is 17.6. The van der Waals surface area contributed by atoms with Gasteiger partial charge in [0, 0.05) is 42.0 Å². The fourth-order valence-corrected chi connectivity index (χ4v) is 5.13. The number of carbonyl (C=O) groups excluding carboxylic acids is 1. The van der Waals surface area contributed by atoms with Gasteiger partial charge in [0.2, 0.25) is 11.9 Å². The van der Waals surface area contributed by atoms with Crippen LogP contribution in [0.2, 0.25) is 0 Å². The molecule has 2 aromatic carbocycles. The lowest BCUT2D eigenvalue weighted by Gasteiger charge is -2.26. The lowest BCUT2D eigenvalue weighted by atomic mass is 9.92. The molecule has 4 aromatic rings. The molecule has 1 fully saturated rings. The molecule has 2 aromatic heterocycles. The molecule has 192 valence electrons. The van der Waals surface area contributed by atoms with E-state index in [1.54, 1.807) is 0 Å². The monoisotopic (exact) mass is 497 g/mol. The van der Waals surface area contributed by atoms with Gasteiger partial charge in [0.05, 0.1) is 23.3 Å². The fourth-order valence-electron chi connectivity index (χ4n) is 5.13. The predicted octanol–water partition coefficient (Wildman–Crippen LogP) is 4.76. The van der Waals surface area contributed by atoms with E-state index in [0.717, 1.165) is 76.8 Å². The lowest BCUT2D eigenvalue weighted by Crippen LogP contribution is -2.33. The average Bonchev–Trinajstić information content (AvgIpc) is 3.24. The van der Waals surface area contributed by atoms with E-state index < -0.39 is 0 Å². The molecule has 8 nitrogen and oxygen atoms in total. The number of aromatic nitrogens is 4. The molecule has 0 radical (unpaired) electrons. The van der Waals surface area contributed by atoms with Gasteiger partial charge in [0.15, 0.2) is 0 Å². The molecular formula is C29H35N7O. The van der Waals surface area contributed by atoms with E-state index in [1.807, 2.05) is 55.2 Å². The zero-order valence-corrected chi connectivity index (χ0v) is 21.8. The minimum Gasteiger partial charge on any atom is -0.351 e. The number of anilines is 2. The second kappa shape index (κ2) is 10.7. The molecule has 1 aliphatic carbocycles. The number of hydrogen-bond acceptors (Lipinski definition) is 6. The number of amides is 1. The number of aryl methyl sites for hydroxylation is 3. The van der Waals surface area contributed by atoms with E-state index in [9.17, 15) is 4.79 Å². The maximum absolute atomic E-state index is 12.6. The van der Waals surface area contributed by atoms with Crippen molar-refractivity contribution in [1.82, 2.24) is 19.7 Å². The van der Waals surface area contributed by atoms with E-state index >= 15 is 0 Å². The van der Waals surface area contributed by atoms with Gasteiger partial charge in [-0.1, -0.05) is 19.1 Å². The van der Waals surface area contributed by atoms with Crippen molar-refractivity contribution in [3.8, 4) is 11.3 Å². The Morgan fingerprint density at radius 1 is 1.14 bits per heavy atom. The highest BCUT2D eigenvalue weighted by Gasteiger charge is 2.20. The van der Waals surface area contributed by atoms with Crippen molar-refractivity contribution < 1.29 is 4.79 Å². The van der Waals surface area contributed by atoms with E-state index in [2.05, 4.69) is 39.8 Å². The van der Waals surface area contributed by atoms with E-state index in [0.29, 0.717) is 18.0 Å². The van der Waals surface area contributed by atoms with Crippen LogP contribution in [0.5, 0.6) is 0 Å². The Balaban J connectivity index is 1.35. The van der Waals surface area contributed by atoms with Gasteiger partial charge < -0.3 is 16.4 Å². The second-order valence-corrected chi connectivity index (χ2v) is 10.1. The lowest BCUT2D eigenvalue weighted by molar-refractivity contribution is -0.115. The van der Waals surface area contributed by atoms with Crippen molar-refractivity contribution in [2.45, 2.75) is 64.5 Å². The van der Waals surface area contributed by atoms with Gasteiger partial charge in [0.25, 0.3) is 0 Å². The van der Waals surface area contributed by atoms with Crippen molar-refractivity contribution >= 4 is 28.4 Å². The van der Waals surface area contributed by atoms with Crippen LogP contribution in [-0.4, -0.2) is 37.7 Å². The van der Waals surface area contributed by atoms with Gasteiger partial charge in [-0.2, -0.15) is 5.10 Å². The number of nitrogens with two attached hydrogens (primary N) is 1. The third-order valence-corrected chi connectivity index (χ3v) is 7.12. The highest BCUT2D eigenvalue weighted by atomic mass is 16.1. The van der Waals surface area contributed by atoms with Crippen molar-refractivity contribution in [3.63, 3.8) is 0 Å². The van der Waals surface area contributed by atoms with Crippen LogP contribution in [0.4, 0.5) is 11.6 Å². The van der Waals surface area contributed by atoms with Crippen molar-refractivity contribution in [2.75, 3.05) is 10.6 Å². The second-order valence-electron chi connectivity index (χ2n) is 10.1. The van der Waals surface area contributed by atoms with E-state index in [-0.39, 0.29) is 12.3 Å². The summed E-state index contributed by atoms with van der Waals surface area (Å²) in [6, 6.07) is 14.7. The first-order chi connectivity index (χ1) is 17.9. The predicted molar refractivity (Wildman–Crippen MR) is 148 cm³/mol. The highest BCUT2D eigenvalue weighted by molar-refractivity contribution is 5.92. The van der Waals surface area contributed by atoms with Gasteiger partial charge >= 0.3 is 0 Å². The Bertz CT molecular complexity index is 1420. The van der Waals surface area contributed by atoms with Gasteiger partial charge in [-0.25, -0.2) is 9.97 Å². The van der Waals surface area contributed by atoms with Crippen molar-refractivity contribution in [3.05, 3.63) is 65.5 Å². The maximum atomic E-state index is 12.6. The SMILES string of the molecule is CCc1cc(-c2cc(CC(=O)Nc3cccc(C)c3)nn2C)cc2cnc(NC3CCC(N)CC3)nc12. The topological polar surface area (TPSA) is 111 Å². The summed E-state index contributed by atoms with van der Waals surface area (Å²) in [4.78, 5) is 22.1. The van der Waals surface area contributed by atoms with Gasteiger partial charge in [-0.15, -0.1) is 0 Å². The summed E-state index contributed by atoms with van der Waals surface area (Å²) in [7, 11) is 1.91. The van der Waals surface area contributed by atoms with Crippen LogP contribution in [0.15, 0.2) is 48.7 Å². The highest BCUT2D eigenvalue weighted by Crippen LogP contribution is 2.29. The number of hydrogen-bond donors (Lipinski definition) is 3. The Kier molecular flexibility index (Phi) is 7.19. The molecule has 1 amide bonds. The van der Waals surface area contributed by atoms with Crippen molar-refractivity contribution in [2.24, 2.45) is 12.8 Å². The molecule has 0 aliphatic heterocycles. The van der Waals surface area contributed by atoms with Gasteiger partial charge in [0.1, 0.15) is 0 Å². The molecule has 37 heavy (non-hydrogen) atoms. The summed E-state index contributed by atoms with van der Waals surface area (Å²) in [5, 5.41) is 12.1. The quantitative estimate of drug-likeness (QED) is 0.339. The summed E-state index contributed by atoms with van der Waals surface area (Å²) in [5.41, 5.74) is 12.8.